The van der Waals surface area contributed by atoms with Gasteiger partial charge in [0.15, 0.2) is 0 Å². The second-order valence-electron chi connectivity index (χ2n) is 10.3. The number of fused-ring (bicyclic) bond motifs is 1. The number of imidazole rings is 1. The third kappa shape index (κ3) is 6.89. The summed E-state index contributed by atoms with van der Waals surface area (Å²) in [5, 5.41) is 3.75. The first-order chi connectivity index (χ1) is 18.0. The number of hydrogen-bond donors (Lipinski definition) is 2. The largest absolute Gasteiger partial charge is 0.444 e. The molecule has 204 valence electrons. The topological polar surface area (TPSA) is 106 Å². The van der Waals surface area contributed by atoms with E-state index in [2.05, 4.69) is 10.3 Å². The van der Waals surface area contributed by atoms with Gasteiger partial charge in [-0.15, -0.1) is 0 Å². The number of piperidine rings is 1. The maximum atomic E-state index is 13.2. The number of halogens is 2. The Bertz CT molecular complexity index is 1360. The van der Waals surface area contributed by atoms with Crippen molar-refractivity contribution in [3.63, 3.8) is 0 Å². The van der Waals surface area contributed by atoms with Crippen molar-refractivity contribution in [1.29, 1.82) is 0 Å². The van der Waals surface area contributed by atoms with Crippen LogP contribution in [0.1, 0.15) is 51.6 Å². The molecule has 3 aromatic rings. The van der Waals surface area contributed by atoms with Crippen molar-refractivity contribution in [1.82, 2.24) is 19.8 Å². The van der Waals surface area contributed by atoms with E-state index >= 15 is 0 Å². The lowest BCUT2D eigenvalue weighted by Crippen LogP contribution is -2.56. The molecule has 11 heteroatoms. The van der Waals surface area contributed by atoms with E-state index in [1.54, 1.807) is 42.4 Å². The van der Waals surface area contributed by atoms with Gasteiger partial charge in [-0.2, -0.15) is 0 Å². The van der Waals surface area contributed by atoms with E-state index in [9.17, 15) is 14.4 Å². The smallest absolute Gasteiger partial charge is 0.409 e. The highest BCUT2D eigenvalue weighted by Gasteiger charge is 2.35. The first kappa shape index (κ1) is 28.0. The molecule has 38 heavy (non-hydrogen) atoms. The molecular formula is C27H32Cl2N4O5. The quantitative estimate of drug-likeness (QED) is 0.382. The number of amides is 2. The minimum atomic E-state index is -0.695. The van der Waals surface area contributed by atoms with E-state index in [-0.39, 0.29) is 37.3 Å². The number of H-pyrrole nitrogens is 1. The summed E-state index contributed by atoms with van der Waals surface area (Å²) in [5.74, 6) is -0.162. The first-order valence-corrected chi connectivity index (χ1v) is 13.3. The number of aromatic amines is 1. The number of alkyl carbamates (subject to hydrolysis) is 1. The minimum Gasteiger partial charge on any atom is -0.444 e. The zero-order valence-corrected chi connectivity index (χ0v) is 23.1. The molecule has 0 aliphatic carbocycles. The summed E-state index contributed by atoms with van der Waals surface area (Å²) in [4.78, 5) is 43.1. The third-order valence-electron chi connectivity index (χ3n) is 6.28. The average Bonchev–Trinajstić information content (AvgIpc) is 3.18. The number of aromatic nitrogens is 2. The number of carbonyl (C=O) groups excluding carboxylic acids is 2. The monoisotopic (exact) mass is 562 g/mol. The molecule has 2 atom stereocenters. The van der Waals surface area contributed by atoms with Gasteiger partial charge in [0.2, 0.25) is 5.91 Å². The predicted octanol–water partition coefficient (Wildman–Crippen LogP) is 5.26. The number of para-hydroxylation sites is 2. The van der Waals surface area contributed by atoms with Gasteiger partial charge < -0.3 is 24.7 Å². The summed E-state index contributed by atoms with van der Waals surface area (Å²) in [7, 11) is 0. The molecule has 0 saturated carbocycles. The van der Waals surface area contributed by atoms with Crippen molar-refractivity contribution in [3.8, 4) is 0 Å². The van der Waals surface area contributed by atoms with Crippen molar-refractivity contribution in [2.75, 3.05) is 13.2 Å². The van der Waals surface area contributed by atoms with Crippen LogP contribution in [0.25, 0.3) is 11.0 Å². The van der Waals surface area contributed by atoms with Crippen LogP contribution in [0.15, 0.2) is 47.3 Å². The number of ether oxygens (including phenoxy) is 2. The third-order valence-corrected chi connectivity index (χ3v) is 7.02. The van der Waals surface area contributed by atoms with Crippen LogP contribution in [-0.4, -0.2) is 51.4 Å². The molecule has 9 nitrogen and oxygen atoms in total. The van der Waals surface area contributed by atoms with Crippen LogP contribution in [0.2, 0.25) is 10.0 Å². The fraction of sp³-hybridized carbons (Fsp3) is 0.444. The summed E-state index contributed by atoms with van der Waals surface area (Å²) < 4.78 is 12.8. The molecule has 1 aliphatic heterocycles. The molecule has 2 heterocycles. The zero-order chi connectivity index (χ0) is 27.4. The maximum absolute atomic E-state index is 13.2. The summed E-state index contributed by atoms with van der Waals surface area (Å²) in [6.45, 7) is 6.17. The standard InChI is InChI=1S/C27H32Cl2N4O5/c1-27(2,3)38-26(36)31-23-15-18(33-22-7-5-4-6-21(22)30-25(33)35)10-12-32(23)24(34)11-13-37-16-17-8-9-19(28)20(29)14-17/h4-9,14,18,23H,10-13,15-16H2,1-3H3,(H,30,35)(H,31,36). The lowest BCUT2D eigenvalue weighted by molar-refractivity contribution is -0.137. The number of rotatable bonds is 7. The van der Waals surface area contributed by atoms with Crippen LogP contribution >= 0.6 is 23.2 Å². The van der Waals surface area contributed by atoms with Crippen LogP contribution in [0.5, 0.6) is 0 Å². The molecule has 1 saturated heterocycles. The van der Waals surface area contributed by atoms with E-state index < -0.39 is 17.9 Å². The highest BCUT2D eigenvalue weighted by atomic mass is 35.5. The highest BCUT2D eigenvalue weighted by Crippen LogP contribution is 2.29. The van der Waals surface area contributed by atoms with Gasteiger partial charge in [-0.05, 0) is 57.0 Å². The summed E-state index contributed by atoms with van der Waals surface area (Å²) >= 11 is 12.0. The van der Waals surface area contributed by atoms with Crippen molar-refractivity contribution in [3.05, 3.63) is 68.6 Å². The molecule has 2 N–H and O–H groups in total. The van der Waals surface area contributed by atoms with Crippen molar-refractivity contribution in [2.24, 2.45) is 0 Å². The molecular weight excluding hydrogens is 531 g/mol. The molecule has 0 radical (unpaired) electrons. The molecule has 1 aromatic heterocycles. The summed E-state index contributed by atoms with van der Waals surface area (Å²) in [5.41, 5.74) is 1.46. The first-order valence-electron chi connectivity index (χ1n) is 12.5. The van der Waals surface area contributed by atoms with Crippen molar-refractivity contribution in [2.45, 2.75) is 64.4 Å². The van der Waals surface area contributed by atoms with Gasteiger partial charge in [0, 0.05) is 19.0 Å². The second-order valence-corrected chi connectivity index (χ2v) is 11.1. The number of benzene rings is 2. The average molecular weight is 563 g/mol. The van der Waals surface area contributed by atoms with Gasteiger partial charge in [-0.1, -0.05) is 41.4 Å². The Morgan fingerprint density at radius 3 is 2.63 bits per heavy atom. The summed E-state index contributed by atoms with van der Waals surface area (Å²) in [6.07, 6.45) is -0.221. The Morgan fingerprint density at radius 2 is 1.89 bits per heavy atom. The van der Waals surface area contributed by atoms with E-state index in [1.807, 2.05) is 30.3 Å². The van der Waals surface area contributed by atoms with Gasteiger partial charge >= 0.3 is 11.8 Å². The van der Waals surface area contributed by atoms with E-state index in [0.717, 1.165) is 16.6 Å². The molecule has 4 rings (SSSR count). The normalized spacial score (nSPS) is 18.0. The van der Waals surface area contributed by atoms with Gasteiger partial charge in [-0.3, -0.25) is 9.36 Å². The zero-order valence-electron chi connectivity index (χ0n) is 21.6. The number of nitrogens with zero attached hydrogens (tertiary/aromatic N) is 2. The predicted molar refractivity (Wildman–Crippen MR) is 146 cm³/mol. The lowest BCUT2D eigenvalue weighted by atomic mass is 10.0. The Labute approximate surface area is 231 Å². The molecule has 2 unspecified atom stereocenters. The van der Waals surface area contributed by atoms with Crippen molar-refractivity contribution < 1.29 is 19.1 Å². The Morgan fingerprint density at radius 1 is 1.13 bits per heavy atom. The number of nitrogens with one attached hydrogen (secondary N) is 2. The molecule has 0 spiro atoms. The molecule has 2 amide bonds. The molecule has 2 aromatic carbocycles. The van der Waals surface area contributed by atoms with Gasteiger partial charge in [0.25, 0.3) is 0 Å². The second kappa shape index (κ2) is 11.8. The lowest BCUT2D eigenvalue weighted by Gasteiger charge is -2.40. The summed E-state index contributed by atoms with van der Waals surface area (Å²) in [6, 6.07) is 12.5. The van der Waals surface area contributed by atoms with Crippen LogP contribution in [0.3, 0.4) is 0 Å². The molecule has 1 fully saturated rings. The van der Waals surface area contributed by atoms with Crippen LogP contribution < -0.4 is 11.0 Å². The van der Waals surface area contributed by atoms with Crippen LogP contribution in [-0.2, 0) is 20.9 Å². The van der Waals surface area contributed by atoms with E-state index in [0.29, 0.717) is 29.4 Å². The molecule has 1 aliphatic rings. The number of hydrogen-bond acceptors (Lipinski definition) is 5. The fourth-order valence-electron chi connectivity index (χ4n) is 4.62. The van der Waals surface area contributed by atoms with Gasteiger partial charge in [-0.25, -0.2) is 9.59 Å². The maximum Gasteiger partial charge on any atom is 0.409 e. The van der Waals surface area contributed by atoms with E-state index in [1.165, 1.54) is 0 Å². The SMILES string of the molecule is CC(C)(C)OC(=O)NC1CC(n2c(=O)[nH]c3ccccc32)CCN1C(=O)CCOCc1ccc(Cl)c(Cl)c1. The number of carbonyl (C=O) groups is 2. The Kier molecular flexibility index (Phi) is 8.70. The number of likely N-dealkylation sites (tertiary alicyclic amines) is 1. The van der Waals surface area contributed by atoms with Crippen LogP contribution in [0, 0.1) is 0 Å². The Balaban J connectivity index is 1.44. The van der Waals surface area contributed by atoms with Crippen LogP contribution in [0.4, 0.5) is 4.79 Å². The van der Waals surface area contributed by atoms with E-state index in [4.69, 9.17) is 32.7 Å². The highest BCUT2D eigenvalue weighted by molar-refractivity contribution is 6.42. The Hall–Kier alpha value is -3.01. The molecule has 0 bridgehead atoms. The van der Waals surface area contributed by atoms with Gasteiger partial charge in [0.1, 0.15) is 11.8 Å². The fourth-order valence-corrected chi connectivity index (χ4v) is 4.94. The van der Waals surface area contributed by atoms with Gasteiger partial charge in [0.05, 0.1) is 40.7 Å². The minimum absolute atomic E-state index is 0.130. The van der Waals surface area contributed by atoms with Crippen molar-refractivity contribution >= 4 is 46.2 Å².